The van der Waals surface area contributed by atoms with Crippen molar-refractivity contribution in [3.63, 3.8) is 0 Å². The summed E-state index contributed by atoms with van der Waals surface area (Å²) in [6.45, 7) is 0.442. The van der Waals surface area contributed by atoms with Gasteiger partial charge >= 0.3 is 0 Å². The molecule has 1 aromatic carbocycles. The molecule has 0 saturated heterocycles. The van der Waals surface area contributed by atoms with Crippen molar-refractivity contribution < 1.29 is 15.1 Å². The lowest BCUT2D eigenvalue weighted by Gasteiger charge is -2.06. The van der Waals surface area contributed by atoms with Crippen molar-refractivity contribution in [2.75, 3.05) is 7.11 Å². The molecule has 0 radical (unpaired) electrons. The second kappa shape index (κ2) is 5.21. The molecule has 15 heavy (non-hydrogen) atoms. The largest absolute Gasteiger partial charge is 0.508 e. The number of nitrogens with two attached hydrogens (primary N) is 1. The number of aromatic hydroxyl groups is 1. The Morgan fingerprint density at radius 3 is 2.80 bits per heavy atom. The summed E-state index contributed by atoms with van der Waals surface area (Å²) in [5, 5.41) is 20.8. The van der Waals surface area contributed by atoms with Gasteiger partial charge in [0.1, 0.15) is 11.6 Å². The van der Waals surface area contributed by atoms with Crippen LogP contribution in [0.15, 0.2) is 23.4 Å². The molecule has 0 fully saturated rings. The third kappa shape index (κ3) is 3.14. The smallest absolute Gasteiger partial charge is 0.143 e. The lowest BCUT2D eigenvalue weighted by atomic mass is 10.1. The van der Waals surface area contributed by atoms with E-state index in [9.17, 15) is 5.11 Å². The zero-order valence-corrected chi connectivity index (χ0v) is 8.47. The van der Waals surface area contributed by atoms with Gasteiger partial charge in [-0.1, -0.05) is 17.3 Å². The first-order chi connectivity index (χ1) is 7.17. The summed E-state index contributed by atoms with van der Waals surface area (Å²) in [6, 6.07) is 5.15. The average molecular weight is 210 g/mol. The molecule has 0 heterocycles. The average Bonchev–Trinajstić information content (AvgIpc) is 2.22. The van der Waals surface area contributed by atoms with Gasteiger partial charge in [-0.05, 0) is 11.6 Å². The van der Waals surface area contributed by atoms with Gasteiger partial charge in [0.15, 0.2) is 0 Å². The molecule has 0 bridgehead atoms. The van der Waals surface area contributed by atoms with E-state index in [2.05, 4.69) is 5.16 Å². The van der Waals surface area contributed by atoms with Crippen LogP contribution in [-0.2, 0) is 17.8 Å². The van der Waals surface area contributed by atoms with Crippen LogP contribution in [0.5, 0.6) is 5.75 Å². The maximum Gasteiger partial charge on any atom is 0.143 e. The van der Waals surface area contributed by atoms with Crippen LogP contribution in [0.2, 0.25) is 0 Å². The number of phenolic OH excluding ortho intramolecular Hbond substituents is 1. The van der Waals surface area contributed by atoms with Gasteiger partial charge in [0, 0.05) is 19.1 Å². The number of nitrogens with zero attached hydrogens (tertiary/aromatic N) is 1. The maximum atomic E-state index is 9.61. The molecule has 0 atom stereocenters. The number of hydrogen-bond donors (Lipinski definition) is 3. The van der Waals surface area contributed by atoms with Crippen LogP contribution in [0.4, 0.5) is 0 Å². The summed E-state index contributed by atoms with van der Waals surface area (Å²) in [7, 11) is 1.58. The molecule has 0 saturated carbocycles. The fourth-order valence-electron chi connectivity index (χ4n) is 1.25. The van der Waals surface area contributed by atoms with E-state index in [1.165, 1.54) is 0 Å². The molecule has 0 unspecified atom stereocenters. The zero-order chi connectivity index (χ0) is 11.3. The topological polar surface area (TPSA) is 88.1 Å². The second-order valence-electron chi connectivity index (χ2n) is 3.16. The lowest BCUT2D eigenvalue weighted by Crippen LogP contribution is -2.14. The fraction of sp³-hybridized carbons (Fsp3) is 0.300. The first-order valence-corrected chi connectivity index (χ1v) is 4.43. The Labute approximate surface area is 87.8 Å². The van der Waals surface area contributed by atoms with E-state index in [1.54, 1.807) is 19.2 Å². The Morgan fingerprint density at radius 2 is 2.27 bits per heavy atom. The van der Waals surface area contributed by atoms with Gasteiger partial charge in [-0.2, -0.15) is 0 Å². The molecule has 1 aromatic rings. The van der Waals surface area contributed by atoms with E-state index in [4.69, 9.17) is 15.7 Å². The summed E-state index contributed by atoms with van der Waals surface area (Å²) >= 11 is 0. The minimum atomic E-state index is 0.0600. The van der Waals surface area contributed by atoms with Gasteiger partial charge in [0.25, 0.3) is 0 Å². The Hall–Kier alpha value is -1.75. The van der Waals surface area contributed by atoms with Crippen LogP contribution in [-0.4, -0.2) is 23.3 Å². The Kier molecular flexibility index (Phi) is 3.93. The lowest BCUT2D eigenvalue weighted by molar-refractivity contribution is 0.184. The van der Waals surface area contributed by atoms with E-state index in [0.29, 0.717) is 12.2 Å². The molecule has 0 amide bonds. The Bertz CT molecular complexity index is 364. The number of rotatable bonds is 4. The molecular formula is C10H14N2O3. The first-order valence-electron chi connectivity index (χ1n) is 4.43. The number of benzene rings is 1. The molecule has 0 aliphatic rings. The summed E-state index contributed by atoms with van der Waals surface area (Å²) in [5.41, 5.74) is 6.82. The molecule has 0 spiro atoms. The monoisotopic (exact) mass is 210 g/mol. The number of amidine groups is 1. The highest BCUT2D eigenvalue weighted by atomic mass is 16.5. The van der Waals surface area contributed by atoms with Crippen LogP contribution in [0.1, 0.15) is 11.1 Å². The maximum absolute atomic E-state index is 9.61. The van der Waals surface area contributed by atoms with Gasteiger partial charge < -0.3 is 20.8 Å². The van der Waals surface area contributed by atoms with Crippen molar-refractivity contribution >= 4 is 5.84 Å². The van der Waals surface area contributed by atoms with Crippen LogP contribution >= 0.6 is 0 Å². The van der Waals surface area contributed by atoms with Crippen molar-refractivity contribution in [3.8, 4) is 5.75 Å². The highest BCUT2D eigenvalue weighted by Crippen LogP contribution is 2.19. The van der Waals surface area contributed by atoms with Gasteiger partial charge in [-0.25, -0.2) is 0 Å². The van der Waals surface area contributed by atoms with Gasteiger partial charge in [0.05, 0.1) is 6.61 Å². The molecule has 5 nitrogen and oxygen atoms in total. The summed E-state index contributed by atoms with van der Waals surface area (Å²) in [5.74, 6) is 0.181. The van der Waals surface area contributed by atoms with Crippen LogP contribution < -0.4 is 5.73 Å². The van der Waals surface area contributed by atoms with E-state index in [1.807, 2.05) is 6.07 Å². The van der Waals surface area contributed by atoms with Crippen LogP contribution in [0.25, 0.3) is 0 Å². The number of methoxy groups -OCH3 is 1. The fourth-order valence-corrected chi connectivity index (χ4v) is 1.25. The quantitative estimate of drug-likeness (QED) is 0.297. The molecule has 4 N–H and O–H groups in total. The zero-order valence-electron chi connectivity index (χ0n) is 8.47. The Morgan fingerprint density at radius 1 is 1.53 bits per heavy atom. The predicted octanol–water partition coefficient (Wildman–Crippen LogP) is 0.828. The van der Waals surface area contributed by atoms with Crippen molar-refractivity contribution in [2.24, 2.45) is 10.9 Å². The molecule has 5 heteroatoms. The van der Waals surface area contributed by atoms with E-state index >= 15 is 0 Å². The third-order valence-corrected chi connectivity index (χ3v) is 1.96. The number of hydrogen-bond acceptors (Lipinski definition) is 4. The molecule has 82 valence electrons. The van der Waals surface area contributed by atoms with Crippen molar-refractivity contribution in [3.05, 3.63) is 29.3 Å². The van der Waals surface area contributed by atoms with Gasteiger partial charge in [-0.3, -0.25) is 0 Å². The molecule has 1 rings (SSSR count). The van der Waals surface area contributed by atoms with Crippen LogP contribution in [0, 0.1) is 0 Å². The highest BCUT2D eigenvalue weighted by Gasteiger charge is 2.04. The minimum Gasteiger partial charge on any atom is -0.508 e. The van der Waals surface area contributed by atoms with Crippen molar-refractivity contribution in [1.82, 2.24) is 0 Å². The molecular weight excluding hydrogens is 196 g/mol. The van der Waals surface area contributed by atoms with E-state index < -0.39 is 0 Å². The standard InChI is InChI=1S/C10H14N2O3/c1-15-6-7-2-3-8(9(13)4-7)5-10(11)12-14/h2-4,13-14H,5-6H2,1H3,(H2,11,12). The minimum absolute atomic E-state index is 0.0600. The summed E-state index contributed by atoms with van der Waals surface area (Å²) in [4.78, 5) is 0. The van der Waals surface area contributed by atoms with E-state index in [0.717, 1.165) is 5.56 Å². The second-order valence-corrected chi connectivity index (χ2v) is 3.16. The summed E-state index contributed by atoms with van der Waals surface area (Å²) < 4.78 is 4.93. The number of oxime groups is 1. The Balaban J connectivity index is 2.83. The number of ether oxygens (including phenoxy) is 1. The molecule has 0 aromatic heterocycles. The highest BCUT2D eigenvalue weighted by molar-refractivity contribution is 5.82. The summed E-state index contributed by atoms with van der Waals surface area (Å²) in [6.07, 6.45) is 0.218. The van der Waals surface area contributed by atoms with Gasteiger partial charge in [0.2, 0.25) is 0 Å². The molecule has 0 aliphatic carbocycles. The van der Waals surface area contributed by atoms with Crippen LogP contribution in [0.3, 0.4) is 0 Å². The van der Waals surface area contributed by atoms with Crippen molar-refractivity contribution in [2.45, 2.75) is 13.0 Å². The van der Waals surface area contributed by atoms with Crippen molar-refractivity contribution in [1.29, 1.82) is 0 Å². The normalized spacial score (nSPS) is 11.7. The van der Waals surface area contributed by atoms with Gasteiger partial charge in [-0.15, -0.1) is 0 Å². The third-order valence-electron chi connectivity index (χ3n) is 1.96. The number of phenols is 1. The molecule has 0 aliphatic heterocycles. The SMILES string of the molecule is COCc1ccc(C/C(N)=N/O)c(O)c1. The van der Waals surface area contributed by atoms with E-state index in [-0.39, 0.29) is 18.0 Å². The first kappa shape index (κ1) is 11.3. The predicted molar refractivity (Wildman–Crippen MR) is 55.9 cm³/mol.